The Morgan fingerprint density at radius 2 is 2.00 bits per heavy atom. The molecule has 0 aliphatic heterocycles. The molecule has 110 valence electrons. The van der Waals surface area contributed by atoms with Crippen molar-refractivity contribution in [2.75, 3.05) is 13.2 Å². The second-order valence-electron chi connectivity index (χ2n) is 4.80. The zero-order valence-electron chi connectivity index (χ0n) is 12.3. The van der Waals surface area contributed by atoms with E-state index < -0.39 is 5.97 Å². The van der Waals surface area contributed by atoms with Crippen molar-refractivity contribution in [2.24, 2.45) is 0 Å². The topological polar surface area (TPSA) is 46.6 Å². The summed E-state index contributed by atoms with van der Waals surface area (Å²) >= 11 is 6.04. The van der Waals surface area contributed by atoms with Crippen LogP contribution in [0, 0.1) is 6.92 Å². The van der Waals surface area contributed by atoms with Crippen LogP contribution in [0.15, 0.2) is 18.2 Å². The first-order valence-electron chi connectivity index (χ1n) is 6.59. The van der Waals surface area contributed by atoms with Crippen LogP contribution in [-0.2, 0) is 9.53 Å². The number of carbonyl (C=O) groups is 2. The maximum absolute atomic E-state index is 12.4. The van der Waals surface area contributed by atoms with Crippen LogP contribution in [0.3, 0.4) is 0 Å². The molecular formula is C15H20ClNO3. The minimum absolute atomic E-state index is 0.0597. The Bertz CT molecular complexity index is 500. The number of carbonyl (C=O) groups excluding carboxylic acids is 2. The molecule has 4 nitrogen and oxygen atoms in total. The van der Waals surface area contributed by atoms with Gasteiger partial charge in [-0.15, -0.1) is 0 Å². The number of esters is 1. The fourth-order valence-corrected chi connectivity index (χ4v) is 1.91. The van der Waals surface area contributed by atoms with Crippen molar-refractivity contribution in [1.82, 2.24) is 4.90 Å². The van der Waals surface area contributed by atoms with E-state index in [4.69, 9.17) is 16.3 Å². The molecule has 0 radical (unpaired) electrons. The predicted molar refractivity (Wildman–Crippen MR) is 79.0 cm³/mol. The van der Waals surface area contributed by atoms with Crippen molar-refractivity contribution < 1.29 is 14.3 Å². The summed E-state index contributed by atoms with van der Waals surface area (Å²) in [6.07, 6.45) is 0. The molecule has 5 heteroatoms. The zero-order valence-corrected chi connectivity index (χ0v) is 13.0. The van der Waals surface area contributed by atoms with Gasteiger partial charge in [-0.2, -0.15) is 0 Å². The molecular weight excluding hydrogens is 278 g/mol. The van der Waals surface area contributed by atoms with Crippen LogP contribution in [0.2, 0.25) is 5.02 Å². The number of hydrogen-bond donors (Lipinski definition) is 0. The summed E-state index contributed by atoms with van der Waals surface area (Å²) < 4.78 is 4.89. The van der Waals surface area contributed by atoms with E-state index in [0.29, 0.717) is 17.2 Å². The van der Waals surface area contributed by atoms with Gasteiger partial charge in [0.05, 0.1) is 6.61 Å². The first kappa shape index (κ1) is 16.5. The highest BCUT2D eigenvalue weighted by Gasteiger charge is 2.22. The van der Waals surface area contributed by atoms with E-state index in [-0.39, 0.29) is 18.5 Å². The number of aryl methyl sites for hydroxylation is 1. The summed E-state index contributed by atoms with van der Waals surface area (Å²) in [5, 5.41) is 0.538. The molecule has 1 amide bonds. The highest BCUT2D eigenvalue weighted by molar-refractivity contribution is 6.31. The Hall–Kier alpha value is -1.55. The average Bonchev–Trinajstić information content (AvgIpc) is 2.38. The minimum atomic E-state index is -0.409. The van der Waals surface area contributed by atoms with Crippen LogP contribution in [0.25, 0.3) is 0 Å². The quantitative estimate of drug-likeness (QED) is 0.785. The van der Waals surface area contributed by atoms with Gasteiger partial charge in [0.1, 0.15) is 6.54 Å². The van der Waals surface area contributed by atoms with E-state index in [2.05, 4.69) is 0 Å². The van der Waals surface area contributed by atoms with Crippen LogP contribution in [0.5, 0.6) is 0 Å². The molecule has 0 aliphatic carbocycles. The number of benzene rings is 1. The molecule has 0 N–H and O–H groups in total. The molecule has 0 unspecified atom stereocenters. The predicted octanol–water partition coefficient (Wildman–Crippen LogP) is 3.06. The van der Waals surface area contributed by atoms with Gasteiger partial charge >= 0.3 is 5.97 Å². The normalized spacial score (nSPS) is 10.5. The maximum Gasteiger partial charge on any atom is 0.325 e. The van der Waals surface area contributed by atoms with Gasteiger partial charge < -0.3 is 9.64 Å². The third kappa shape index (κ3) is 4.23. The minimum Gasteiger partial charge on any atom is -0.465 e. The summed E-state index contributed by atoms with van der Waals surface area (Å²) in [5.41, 5.74) is 1.38. The highest BCUT2D eigenvalue weighted by Crippen LogP contribution is 2.18. The molecule has 0 atom stereocenters. The lowest BCUT2D eigenvalue weighted by atomic mass is 10.1. The van der Waals surface area contributed by atoms with E-state index in [9.17, 15) is 9.59 Å². The van der Waals surface area contributed by atoms with Crippen molar-refractivity contribution in [1.29, 1.82) is 0 Å². The van der Waals surface area contributed by atoms with Gasteiger partial charge in [-0.25, -0.2) is 0 Å². The molecule has 0 aliphatic rings. The van der Waals surface area contributed by atoms with Crippen molar-refractivity contribution in [3.8, 4) is 0 Å². The number of amides is 1. The summed E-state index contributed by atoms with van der Waals surface area (Å²) in [6.45, 7) is 7.56. The van der Waals surface area contributed by atoms with E-state index >= 15 is 0 Å². The van der Waals surface area contributed by atoms with Crippen molar-refractivity contribution in [3.63, 3.8) is 0 Å². The number of halogens is 1. The Balaban J connectivity index is 2.93. The number of rotatable bonds is 5. The second-order valence-corrected chi connectivity index (χ2v) is 5.20. The molecule has 0 fully saturated rings. The van der Waals surface area contributed by atoms with E-state index in [1.165, 1.54) is 4.90 Å². The summed E-state index contributed by atoms with van der Waals surface area (Å²) in [4.78, 5) is 25.5. The van der Waals surface area contributed by atoms with Crippen LogP contribution in [0.4, 0.5) is 0 Å². The van der Waals surface area contributed by atoms with Crippen molar-refractivity contribution >= 4 is 23.5 Å². The lowest BCUT2D eigenvalue weighted by Gasteiger charge is -2.26. The molecule has 0 bridgehead atoms. The van der Waals surface area contributed by atoms with Gasteiger partial charge in [-0.3, -0.25) is 9.59 Å². The molecule has 1 aromatic rings. The number of hydrogen-bond acceptors (Lipinski definition) is 3. The molecule has 1 rings (SSSR count). The SMILES string of the molecule is CCOC(=O)CN(C(=O)c1ccc(C)c(Cl)c1)C(C)C. The largest absolute Gasteiger partial charge is 0.465 e. The second kappa shape index (κ2) is 7.29. The van der Waals surface area contributed by atoms with E-state index in [1.807, 2.05) is 20.8 Å². The van der Waals surface area contributed by atoms with Gasteiger partial charge in [0.15, 0.2) is 0 Å². The Morgan fingerprint density at radius 3 is 2.50 bits per heavy atom. The fraction of sp³-hybridized carbons (Fsp3) is 0.467. The molecule has 20 heavy (non-hydrogen) atoms. The average molecular weight is 298 g/mol. The summed E-state index contributed by atoms with van der Waals surface area (Å²) in [5.74, 6) is -0.636. The standard InChI is InChI=1S/C15H20ClNO3/c1-5-20-14(18)9-17(10(2)3)15(19)12-7-6-11(4)13(16)8-12/h6-8,10H,5,9H2,1-4H3. The molecule has 0 saturated heterocycles. The van der Waals surface area contributed by atoms with E-state index in [0.717, 1.165) is 5.56 Å². The molecule has 0 saturated carbocycles. The van der Waals surface area contributed by atoms with Gasteiger partial charge in [-0.1, -0.05) is 17.7 Å². The van der Waals surface area contributed by atoms with Gasteiger partial charge in [0.2, 0.25) is 0 Å². The summed E-state index contributed by atoms with van der Waals surface area (Å²) in [7, 11) is 0. The molecule has 0 aromatic heterocycles. The van der Waals surface area contributed by atoms with Crippen molar-refractivity contribution in [2.45, 2.75) is 33.7 Å². The van der Waals surface area contributed by atoms with Crippen molar-refractivity contribution in [3.05, 3.63) is 34.3 Å². The smallest absolute Gasteiger partial charge is 0.325 e. The van der Waals surface area contributed by atoms with Crippen LogP contribution < -0.4 is 0 Å². The lowest BCUT2D eigenvalue weighted by Crippen LogP contribution is -2.41. The Morgan fingerprint density at radius 1 is 1.35 bits per heavy atom. The number of ether oxygens (including phenoxy) is 1. The maximum atomic E-state index is 12.4. The molecule has 1 aromatic carbocycles. The fourth-order valence-electron chi connectivity index (χ4n) is 1.73. The summed E-state index contributed by atoms with van der Waals surface area (Å²) in [6, 6.07) is 5.02. The molecule has 0 heterocycles. The third-order valence-electron chi connectivity index (χ3n) is 2.91. The number of nitrogens with zero attached hydrogens (tertiary/aromatic N) is 1. The van der Waals surface area contributed by atoms with Gasteiger partial charge in [-0.05, 0) is 45.4 Å². The molecule has 0 spiro atoms. The Labute approximate surface area is 124 Å². The van der Waals surface area contributed by atoms with Crippen LogP contribution >= 0.6 is 11.6 Å². The first-order chi connectivity index (χ1) is 9.36. The van der Waals surface area contributed by atoms with Gasteiger partial charge in [0, 0.05) is 16.6 Å². The van der Waals surface area contributed by atoms with E-state index in [1.54, 1.807) is 25.1 Å². The highest BCUT2D eigenvalue weighted by atomic mass is 35.5. The van der Waals surface area contributed by atoms with Gasteiger partial charge in [0.25, 0.3) is 5.91 Å². The van der Waals surface area contributed by atoms with Crippen LogP contribution in [-0.4, -0.2) is 36.0 Å². The third-order valence-corrected chi connectivity index (χ3v) is 3.31. The van der Waals surface area contributed by atoms with Crippen LogP contribution in [0.1, 0.15) is 36.7 Å². The zero-order chi connectivity index (χ0) is 15.3. The Kier molecular flexibility index (Phi) is 6.02. The lowest BCUT2D eigenvalue weighted by molar-refractivity contribution is -0.144. The first-order valence-corrected chi connectivity index (χ1v) is 6.97. The monoisotopic (exact) mass is 297 g/mol.